The maximum absolute atomic E-state index is 12.4. The third-order valence-corrected chi connectivity index (χ3v) is 2.71. The minimum atomic E-state index is -0.128. The van der Waals surface area contributed by atoms with Crippen LogP contribution in [0.3, 0.4) is 0 Å². The fourth-order valence-corrected chi connectivity index (χ4v) is 1.75. The van der Waals surface area contributed by atoms with Crippen LogP contribution in [0.2, 0.25) is 0 Å². The molecular formula is C18H16O2. The van der Waals surface area contributed by atoms with Gasteiger partial charge in [0.05, 0.1) is 0 Å². The first-order valence-corrected chi connectivity index (χ1v) is 6.41. The monoisotopic (exact) mass is 264 g/mol. The molecule has 0 bridgehead atoms. The second kappa shape index (κ2) is 7.10. The topological polar surface area (TPSA) is 26.3 Å². The zero-order valence-corrected chi connectivity index (χ0v) is 11.2. The van der Waals surface area contributed by atoms with Crippen LogP contribution in [0.15, 0.2) is 79.1 Å². The van der Waals surface area contributed by atoms with Crippen molar-refractivity contribution in [1.29, 1.82) is 0 Å². The largest absolute Gasteiger partial charge is 0.485 e. The van der Waals surface area contributed by atoms with Gasteiger partial charge in [-0.25, -0.2) is 0 Å². The molecule has 2 heteroatoms. The highest BCUT2D eigenvalue weighted by Crippen LogP contribution is 2.14. The van der Waals surface area contributed by atoms with Crippen molar-refractivity contribution in [1.82, 2.24) is 0 Å². The molecule has 100 valence electrons. The van der Waals surface area contributed by atoms with E-state index in [1.54, 1.807) is 24.3 Å². The number of hydrogen-bond acceptors (Lipinski definition) is 2. The number of rotatable bonds is 6. The first-order chi connectivity index (χ1) is 9.81. The van der Waals surface area contributed by atoms with Crippen LogP contribution in [0, 0.1) is 0 Å². The summed E-state index contributed by atoms with van der Waals surface area (Å²) in [7, 11) is 0. The second-order valence-electron chi connectivity index (χ2n) is 4.21. The highest BCUT2D eigenvalue weighted by atomic mass is 16.5. The molecule has 0 aliphatic rings. The number of ether oxygens (including phenoxy) is 1. The Morgan fingerprint density at radius 1 is 1.00 bits per heavy atom. The zero-order chi connectivity index (χ0) is 14.2. The van der Waals surface area contributed by atoms with Gasteiger partial charge in [-0.1, -0.05) is 73.3 Å². The lowest BCUT2D eigenvalue weighted by molar-refractivity contribution is 0.0940. The van der Waals surface area contributed by atoms with Gasteiger partial charge in [-0.2, -0.15) is 0 Å². The molecule has 2 rings (SSSR count). The molecule has 0 aromatic heterocycles. The average molecular weight is 264 g/mol. The van der Waals surface area contributed by atoms with Gasteiger partial charge in [-0.3, -0.25) is 4.79 Å². The normalized spacial score (nSPS) is 10.9. The van der Waals surface area contributed by atoms with Gasteiger partial charge in [-0.15, -0.1) is 0 Å². The number of hydrogen-bond donors (Lipinski definition) is 0. The van der Waals surface area contributed by atoms with E-state index >= 15 is 0 Å². The summed E-state index contributed by atoms with van der Waals surface area (Å²) in [5, 5.41) is 0. The Labute approximate surface area is 119 Å². The highest BCUT2D eigenvalue weighted by molar-refractivity contribution is 6.09. The Bertz CT molecular complexity index is 598. The van der Waals surface area contributed by atoms with Crippen molar-refractivity contribution >= 4 is 11.9 Å². The van der Waals surface area contributed by atoms with E-state index in [0.717, 1.165) is 5.56 Å². The molecule has 2 aromatic carbocycles. The summed E-state index contributed by atoms with van der Waals surface area (Å²) in [5.41, 5.74) is 1.54. The summed E-state index contributed by atoms with van der Waals surface area (Å²) < 4.78 is 5.50. The average Bonchev–Trinajstić information content (AvgIpc) is 2.52. The summed E-state index contributed by atoms with van der Waals surface area (Å²) in [4.78, 5) is 12.4. The fourth-order valence-electron chi connectivity index (χ4n) is 1.75. The molecule has 0 aliphatic heterocycles. The predicted octanol–water partition coefficient (Wildman–Crippen LogP) is 4.11. The van der Waals surface area contributed by atoms with Crippen molar-refractivity contribution in [2.24, 2.45) is 0 Å². The van der Waals surface area contributed by atoms with Gasteiger partial charge in [-0.05, 0) is 11.6 Å². The summed E-state index contributed by atoms with van der Waals surface area (Å²) in [6.45, 7) is 3.91. The quantitative estimate of drug-likeness (QED) is 0.339. The second-order valence-corrected chi connectivity index (χ2v) is 4.21. The number of allylic oxidation sites excluding steroid dienone is 1. The predicted molar refractivity (Wildman–Crippen MR) is 81.3 cm³/mol. The zero-order valence-electron chi connectivity index (χ0n) is 11.2. The van der Waals surface area contributed by atoms with Crippen LogP contribution in [-0.4, -0.2) is 12.4 Å². The van der Waals surface area contributed by atoms with Gasteiger partial charge >= 0.3 is 0 Å². The van der Waals surface area contributed by atoms with E-state index in [9.17, 15) is 4.79 Å². The van der Waals surface area contributed by atoms with E-state index in [4.69, 9.17) is 4.74 Å². The van der Waals surface area contributed by atoms with Crippen molar-refractivity contribution in [2.45, 2.75) is 0 Å². The van der Waals surface area contributed by atoms with E-state index < -0.39 is 0 Å². The third kappa shape index (κ3) is 3.69. The van der Waals surface area contributed by atoms with Crippen LogP contribution in [0.4, 0.5) is 0 Å². The van der Waals surface area contributed by atoms with Crippen LogP contribution in [-0.2, 0) is 4.74 Å². The molecule has 2 aromatic rings. The van der Waals surface area contributed by atoms with E-state index in [2.05, 4.69) is 6.58 Å². The van der Waals surface area contributed by atoms with E-state index in [0.29, 0.717) is 17.9 Å². The van der Waals surface area contributed by atoms with Gasteiger partial charge in [0.15, 0.2) is 5.76 Å². The van der Waals surface area contributed by atoms with Crippen molar-refractivity contribution < 1.29 is 9.53 Å². The van der Waals surface area contributed by atoms with Crippen molar-refractivity contribution in [3.63, 3.8) is 0 Å². The van der Waals surface area contributed by atoms with Gasteiger partial charge in [0.2, 0.25) is 5.78 Å². The Kier molecular flexibility index (Phi) is 4.90. The molecule has 20 heavy (non-hydrogen) atoms. The molecule has 0 saturated heterocycles. The molecule has 0 saturated carbocycles. The molecule has 0 atom stereocenters. The molecular weight excluding hydrogens is 248 g/mol. The van der Waals surface area contributed by atoms with Crippen LogP contribution < -0.4 is 0 Å². The highest BCUT2D eigenvalue weighted by Gasteiger charge is 2.13. The van der Waals surface area contributed by atoms with Crippen molar-refractivity contribution in [2.75, 3.05) is 6.61 Å². The molecule has 2 nitrogen and oxygen atoms in total. The van der Waals surface area contributed by atoms with E-state index in [1.807, 2.05) is 48.5 Å². The smallest absolute Gasteiger partial charge is 0.227 e. The number of ketones is 1. The van der Waals surface area contributed by atoms with Gasteiger partial charge in [0.1, 0.15) is 6.61 Å². The van der Waals surface area contributed by atoms with Crippen molar-refractivity contribution in [3.8, 4) is 0 Å². The minimum absolute atomic E-state index is 0.128. The van der Waals surface area contributed by atoms with Crippen LogP contribution in [0.25, 0.3) is 6.08 Å². The summed E-state index contributed by atoms with van der Waals surface area (Å²) >= 11 is 0. The molecule has 0 N–H and O–H groups in total. The van der Waals surface area contributed by atoms with Crippen LogP contribution in [0.5, 0.6) is 0 Å². The van der Waals surface area contributed by atoms with Gasteiger partial charge in [0, 0.05) is 5.56 Å². The summed E-state index contributed by atoms with van der Waals surface area (Å²) in [5.74, 6) is 0.193. The summed E-state index contributed by atoms with van der Waals surface area (Å²) in [6.07, 6.45) is 3.37. The number of benzene rings is 2. The molecule has 0 unspecified atom stereocenters. The lowest BCUT2D eigenvalue weighted by atomic mass is 10.1. The SMILES string of the molecule is C=CCOC(=Cc1ccccc1)C(=O)c1ccccc1. The van der Waals surface area contributed by atoms with Crippen LogP contribution in [0.1, 0.15) is 15.9 Å². The Balaban J connectivity index is 2.30. The summed E-state index contributed by atoms with van der Waals surface area (Å²) in [6, 6.07) is 18.7. The number of carbonyl (C=O) groups excluding carboxylic acids is 1. The maximum Gasteiger partial charge on any atom is 0.227 e. The maximum atomic E-state index is 12.4. The van der Waals surface area contributed by atoms with E-state index in [-0.39, 0.29) is 5.78 Å². The lowest BCUT2D eigenvalue weighted by Crippen LogP contribution is -2.07. The first-order valence-electron chi connectivity index (χ1n) is 6.41. The Morgan fingerprint density at radius 2 is 1.60 bits per heavy atom. The van der Waals surface area contributed by atoms with Crippen LogP contribution >= 0.6 is 0 Å². The number of carbonyl (C=O) groups is 1. The molecule has 0 aliphatic carbocycles. The Hall–Kier alpha value is -2.61. The minimum Gasteiger partial charge on any atom is -0.485 e. The fraction of sp³-hybridized carbons (Fsp3) is 0.0556. The molecule has 0 spiro atoms. The molecule has 0 fully saturated rings. The van der Waals surface area contributed by atoms with E-state index in [1.165, 1.54) is 0 Å². The third-order valence-electron chi connectivity index (χ3n) is 2.71. The molecule has 0 radical (unpaired) electrons. The Morgan fingerprint density at radius 3 is 2.20 bits per heavy atom. The first kappa shape index (κ1) is 13.8. The number of Topliss-reactive ketones (excluding diaryl/α,β-unsaturated/α-hetero) is 1. The lowest BCUT2D eigenvalue weighted by Gasteiger charge is -2.08. The van der Waals surface area contributed by atoms with Crippen molar-refractivity contribution in [3.05, 3.63) is 90.2 Å². The molecule has 0 amide bonds. The van der Waals surface area contributed by atoms with Gasteiger partial charge < -0.3 is 4.74 Å². The van der Waals surface area contributed by atoms with Gasteiger partial charge in [0.25, 0.3) is 0 Å². The standard InChI is InChI=1S/C18H16O2/c1-2-13-20-17(14-15-9-5-3-6-10-15)18(19)16-11-7-4-8-12-16/h2-12,14H,1,13H2. The molecule has 0 heterocycles.